The van der Waals surface area contributed by atoms with Gasteiger partial charge in [0.05, 0.1) is 46.8 Å². The molecular weight excluding hydrogens is 504 g/mol. The number of nitrogens with zero attached hydrogens (tertiary/aromatic N) is 6. The average Bonchev–Trinajstić information content (AvgIpc) is 3.57. The maximum Gasteiger partial charge on any atom is 0.421 e. The third-order valence-corrected chi connectivity index (χ3v) is 7.46. The van der Waals surface area contributed by atoms with Crippen LogP contribution in [0.3, 0.4) is 0 Å². The second-order valence-corrected chi connectivity index (χ2v) is 11.7. The molecule has 2 aliphatic rings. The Morgan fingerprint density at radius 3 is 2.60 bits per heavy atom. The summed E-state index contributed by atoms with van der Waals surface area (Å²) in [4.78, 5) is 28.8. The van der Waals surface area contributed by atoms with Crippen molar-refractivity contribution in [2.45, 2.75) is 76.5 Å². The van der Waals surface area contributed by atoms with Crippen LogP contribution in [0, 0.1) is 11.3 Å². The van der Waals surface area contributed by atoms with Gasteiger partial charge in [-0.25, -0.2) is 24.6 Å². The van der Waals surface area contributed by atoms with E-state index < -0.39 is 11.7 Å². The van der Waals surface area contributed by atoms with Gasteiger partial charge in [0.15, 0.2) is 0 Å². The highest BCUT2D eigenvalue weighted by Crippen LogP contribution is 2.43. The monoisotopic (exact) mass is 536 g/mol. The van der Waals surface area contributed by atoms with Crippen molar-refractivity contribution in [3.8, 4) is 17.3 Å². The average molecular weight is 537 g/mol. The highest BCUT2D eigenvalue weighted by atomic mass is 16.6. The number of aliphatic hydroxyl groups is 1. The van der Waals surface area contributed by atoms with Crippen LogP contribution < -0.4 is 4.90 Å². The Morgan fingerprint density at radius 2 is 1.90 bits per heavy atom. The smallest absolute Gasteiger partial charge is 0.421 e. The second kappa shape index (κ2) is 10.0. The predicted octanol–water partition coefficient (Wildman–Crippen LogP) is 6.40. The summed E-state index contributed by atoms with van der Waals surface area (Å²) in [6.07, 6.45) is 7.14. The summed E-state index contributed by atoms with van der Waals surface area (Å²) in [5, 5.41) is 20.0. The fourth-order valence-corrected chi connectivity index (χ4v) is 5.37. The van der Waals surface area contributed by atoms with Crippen LogP contribution in [-0.2, 0) is 4.74 Å². The molecule has 204 valence electrons. The number of nitriles is 1. The van der Waals surface area contributed by atoms with Gasteiger partial charge in [-0.15, -0.1) is 0 Å². The first-order chi connectivity index (χ1) is 19.2. The molecule has 0 saturated heterocycles. The number of carbonyl (C=O) groups excluding carboxylic acids is 1. The van der Waals surface area contributed by atoms with Gasteiger partial charge in [-0.05, 0) is 101 Å². The second-order valence-electron chi connectivity index (χ2n) is 11.7. The van der Waals surface area contributed by atoms with Crippen molar-refractivity contribution in [2.24, 2.45) is 0 Å². The minimum atomic E-state index is -0.743. The van der Waals surface area contributed by atoms with Crippen molar-refractivity contribution in [2.75, 3.05) is 4.90 Å². The third kappa shape index (κ3) is 5.15. The van der Waals surface area contributed by atoms with E-state index in [9.17, 15) is 15.2 Å². The van der Waals surface area contributed by atoms with Crippen LogP contribution in [0.5, 0.6) is 0 Å². The van der Waals surface area contributed by atoms with Crippen LogP contribution in [0.2, 0.25) is 0 Å². The zero-order valence-corrected chi connectivity index (χ0v) is 22.9. The van der Waals surface area contributed by atoms with Crippen LogP contribution >= 0.6 is 0 Å². The molecule has 6 rings (SSSR count). The fourth-order valence-electron chi connectivity index (χ4n) is 5.37. The number of aliphatic hydroxyl groups excluding tert-OH is 1. The van der Waals surface area contributed by atoms with Gasteiger partial charge >= 0.3 is 6.09 Å². The standard InChI is InChI=1S/C31H32N6O3/c1-31(2,3)40-30(39)37(28-13-19(17-32)11-12-33-28)29-16-22(20-7-8-20)14-24(35-29)21-9-10-23-26(15-21)36(18-34-23)25-5-4-6-27(25)38/h9-16,18,20,25,27,38H,4-8H2,1-3H3/t25-,27-/m1/s1. The Labute approximate surface area is 233 Å². The van der Waals surface area contributed by atoms with Gasteiger partial charge in [0, 0.05) is 11.8 Å². The number of aromatic nitrogens is 4. The SMILES string of the molecule is CC(C)(C)OC(=O)N(c1cc(C#N)ccn1)c1cc(C2CC2)cc(-c2ccc3ncn([C@@H]4CCC[C@H]4O)c3c2)n1. The molecule has 40 heavy (non-hydrogen) atoms. The molecule has 1 aromatic carbocycles. The van der Waals surface area contributed by atoms with E-state index in [1.165, 1.54) is 11.1 Å². The van der Waals surface area contributed by atoms with E-state index in [0.717, 1.165) is 54.3 Å². The number of carbonyl (C=O) groups is 1. The largest absolute Gasteiger partial charge is 0.443 e. The lowest BCUT2D eigenvalue weighted by Gasteiger charge is -2.27. The molecule has 9 heteroatoms. The first-order valence-corrected chi connectivity index (χ1v) is 13.8. The van der Waals surface area contributed by atoms with Gasteiger partial charge in [0.2, 0.25) is 0 Å². The van der Waals surface area contributed by atoms with E-state index in [0.29, 0.717) is 23.0 Å². The van der Waals surface area contributed by atoms with Crippen molar-refractivity contribution in [1.29, 1.82) is 5.26 Å². The number of hydrogen-bond acceptors (Lipinski definition) is 7. The molecule has 9 nitrogen and oxygen atoms in total. The molecule has 4 aromatic rings. The molecule has 0 spiro atoms. The van der Waals surface area contributed by atoms with Crippen molar-refractivity contribution < 1.29 is 14.6 Å². The first-order valence-electron chi connectivity index (χ1n) is 13.8. The van der Waals surface area contributed by atoms with Crippen LogP contribution in [0.1, 0.15) is 76.0 Å². The Kier molecular flexibility index (Phi) is 6.51. The number of rotatable bonds is 5. The van der Waals surface area contributed by atoms with E-state index in [2.05, 4.69) is 32.7 Å². The van der Waals surface area contributed by atoms with Gasteiger partial charge in [0.1, 0.15) is 17.2 Å². The molecule has 2 fully saturated rings. The molecule has 3 aromatic heterocycles. The van der Waals surface area contributed by atoms with E-state index in [4.69, 9.17) is 9.72 Å². The minimum Gasteiger partial charge on any atom is -0.443 e. The molecule has 2 atom stereocenters. The third-order valence-electron chi connectivity index (χ3n) is 7.46. The number of imidazole rings is 1. The number of benzene rings is 1. The Bertz CT molecular complexity index is 1630. The Balaban J connectivity index is 1.48. The summed E-state index contributed by atoms with van der Waals surface area (Å²) >= 11 is 0. The number of hydrogen-bond donors (Lipinski definition) is 1. The van der Waals surface area contributed by atoms with Crippen molar-refractivity contribution in [3.05, 3.63) is 66.1 Å². The van der Waals surface area contributed by atoms with Crippen LogP contribution in [0.4, 0.5) is 16.4 Å². The number of fused-ring (bicyclic) bond motifs is 1. The summed E-state index contributed by atoms with van der Waals surface area (Å²) in [5.74, 6) is 1.04. The lowest BCUT2D eigenvalue weighted by atomic mass is 10.0. The van der Waals surface area contributed by atoms with Gasteiger partial charge in [0.25, 0.3) is 0 Å². The Hall–Kier alpha value is -4.29. The molecule has 1 amide bonds. The van der Waals surface area contributed by atoms with Gasteiger partial charge in [-0.3, -0.25) is 0 Å². The minimum absolute atomic E-state index is 0.00251. The van der Waals surface area contributed by atoms with Crippen LogP contribution in [0.25, 0.3) is 22.3 Å². The normalized spacial score (nSPS) is 19.0. The van der Waals surface area contributed by atoms with Gasteiger partial charge < -0.3 is 14.4 Å². The van der Waals surface area contributed by atoms with E-state index >= 15 is 0 Å². The molecule has 2 saturated carbocycles. The number of ether oxygens (including phenoxy) is 1. The summed E-state index contributed by atoms with van der Waals surface area (Å²) in [6, 6.07) is 15.3. The molecule has 0 unspecified atom stereocenters. The lowest BCUT2D eigenvalue weighted by Crippen LogP contribution is -2.35. The van der Waals surface area contributed by atoms with Crippen molar-refractivity contribution >= 4 is 28.8 Å². The zero-order chi connectivity index (χ0) is 28.0. The Morgan fingerprint density at radius 1 is 1.07 bits per heavy atom. The molecule has 0 bridgehead atoms. The van der Waals surface area contributed by atoms with Gasteiger partial charge in [-0.2, -0.15) is 5.26 Å². The van der Waals surface area contributed by atoms with Gasteiger partial charge in [-0.1, -0.05) is 6.07 Å². The highest BCUT2D eigenvalue weighted by molar-refractivity contribution is 5.95. The number of anilines is 2. The molecular formula is C31H32N6O3. The number of pyridine rings is 2. The topological polar surface area (TPSA) is 117 Å². The van der Waals surface area contributed by atoms with E-state index in [1.54, 1.807) is 32.9 Å². The summed E-state index contributed by atoms with van der Waals surface area (Å²) < 4.78 is 7.84. The van der Waals surface area contributed by atoms with Crippen molar-refractivity contribution in [1.82, 2.24) is 19.5 Å². The van der Waals surface area contributed by atoms with E-state index in [1.807, 2.05) is 24.5 Å². The predicted molar refractivity (Wildman–Crippen MR) is 151 cm³/mol. The summed E-state index contributed by atoms with van der Waals surface area (Å²) in [5.41, 5.74) is 4.12. The zero-order valence-electron chi connectivity index (χ0n) is 22.9. The highest BCUT2D eigenvalue weighted by Gasteiger charge is 2.31. The van der Waals surface area contributed by atoms with E-state index in [-0.39, 0.29) is 18.0 Å². The summed E-state index contributed by atoms with van der Waals surface area (Å²) in [7, 11) is 0. The molecule has 3 heterocycles. The molecule has 1 N–H and O–H groups in total. The van der Waals surface area contributed by atoms with Crippen molar-refractivity contribution in [3.63, 3.8) is 0 Å². The maximum atomic E-state index is 13.6. The molecule has 0 radical (unpaired) electrons. The van der Waals surface area contributed by atoms with Crippen LogP contribution in [0.15, 0.2) is 55.0 Å². The lowest BCUT2D eigenvalue weighted by molar-refractivity contribution is 0.0597. The summed E-state index contributed by atoms with van der Waals surface area (Å²) in [6.45, 7) is 5.42. The quantitative estimate of drug-likeness (QED) is 0.313. The fraction of sp³-hybridized carbons (Fsp3) is 0.387. The van der Waals surface area contributed by atoms with Crippen LogP contribution in [-0.4, -0.2) is 42.4 Å². The molecule has 0 aliphatic heterocycles. The maximum absolute atomic E-state index is 13.6. The molecule has 2 aliphatic carbocycles. The first kappa shape index (κ1) is 26.0. The number of amides is 1.